The van der Waals surface area contributed by atoms with Crippen LogP contribution in [0.15, 0.2) is 33.6 Å². The van der Waals surface area contributed by atoms with E-state index in [0.717, 1.165) is 20.3 Å². The average Bonchev–Trinajstić information content (AvgIpc) is 3.06. The fourth-order valence-electron chi connectivity index (χ4n) is 2.05. The summed E-state index contributed by atoms with van der Waals surface area (Å²) >= 11 is 6.38. The molecule has 2 N–H and O–H groups in total. The lowest BCUT2D eigenvalue weighted by Crippen LogP contribution is -2.26. The van der Waals surface area contributed by atoms with Crippen LogP contribution in [-0.4, -0.2) is 22.8 Å². The maximum atomic E-state index is 12.6. The normalized spacial score (nSPS) is 11.0. The molecule has 4 nitrogen and oxygen atoms in total. The Morgan fingerprint density at radius 2 is 2.29 bits per heavy atom. The number of halogens is 1. The van der Waals surface area contributed by atoms with Gasteiger partial charge in [-0.2, -0.15) is 0 Å². The fourth-order valence-corrected chi connectivity index (χ4v) is 4.27. The number of hydrogen-bond donors (Lipinski definition) is 1. The summed E-state index contributed by atoms with van der Waals surface area (Å²) in [5, 5.41) is 2.86. The van der Waals surface area contributed by atoms with E-state index in [1.165, 1.54) is 22.7 Å². The smallest absolute Gasteiger partial charge is 0.266 e. The van der Waals surface area contributed by atoms with Gasteiger partial charge in [-0.15, -0.1) is 22.7 Å². The molecule has 0 saturated carbocycles. The molecule has 0 aliphatic carbocycles. The third kappa shape index (κ3) is 2.81. The number of fused-ring (bicyclic) bond motifs is 1. The predicted molar refractivity (Wildman–Crippen MR) is 91.8 cm³/mol. The van der Waals surface area contributed by atoms with Crippen LogP contribution in [0.1, 0.15) is 15.4 Å². The van der Waals surface area contributed by atoms with Gasteiger partial charge in [0.15, 0.2) is 0 Å². The van der Waals surface area contributed by atoms with Crippen LogP contribution in [0.2, 0.25) is 0 Å². The summed E-state index contributed by atoms with van der Waals surface area (Å²) < 4.78 is 1.98. The molecule has 0 aliphatic rings. The lowest BCUT2D eigenvalue weighted by atomic mass is 10.2. The van der Waals surface area contributed by atoms with Crippen LogP contribution in [0.5, 0.6) is 0 Å². The lowest BCUT2D eigenvalue weighted by molar-refractivity contribution is 0.0789. The van der Waals surface area contributed by atoms with Crippen LogP contribution in [0.3, 0.4) is 0 Å². The number of nitrogen functional groups attached to an aromatic ring is 1. The lowest BCUT2D eigenvalue weighted by Gasteiger charge is -2.15. The van der Waals surface area contributed by atoms with Gasteiger partial charge >= 0.3 is 0 Å². The summed E-state index contributed by atoms with van der Waals surface area (Å²) in [4.78, 5) is 19.0. The van der Waals surface area contributed by atoms with Gasteiger partial charge in [0.05, 0.1) is 23.4 Å². The second kappa shape index (κ2) is 5.75. The van der Waals surface area contributed by atoms with Gasteiger partial charge in [0.25, 0.3) is 5.91 Å². The van der Waals surface area contributed by atoms with Crippen molar-refractivity contribution in [1.82, 2.24) is 9.88 Å². The van der Waals surface area contributed by atoms with Gasteiger partial charge in [0.2, 0.25) is 0 Å². The monoisotopic (exact) mass is 381 g/mol. The quantitative estimate of drug-likeness (QED) is 0.746. The van der Waals surface area contributed by atoms with E-state index in [0.29, 0.717) is 17.1 Å². The van der Waals surface area contributed by atoms with E-state index in [9.17, 15) is 4.79 Å². The van der Waals surface area contributed by atoms with E-state index in [2.05, 4.69) is 20.9 Å². The first-order valence-electron chi connectivity index (χ1n) is 6.16. The molecular weight excluding hydrogens is 370 g/mol. The first-order chi connectivity index (χ1) is 10.1. The van der Waals surface area contributed by atoms with Gasteiger partial charge in [-0.25, -0.2) is 4.98 Å². The Kier molecular flexibility index (Phi) is 3.97. The van der Waals surface area contributed by atoms with Crippen molar-refractivity contribution in [2.45, 2.75) is 6.54 Å². The molecule has 108 valence electrons. The third-order valence-corrected chi connectivity index (χ3v) is 5.40. The summed E-state index contributed by atoms with van der Waals surface area (Å²) in [6.07, 6.45) is 0. The van der Waals surface area contributed by atoms with E-state index in [4.69, 9.17) is 5.73 Å². The molecule has 2 heterocycles. The maximum absolute atomic E-state index is 12.6. The Balaban J connectivity index is 1.92. The molecule has 0 fully saturated rings. The predicted octanol–water partition coefficient (Wildman–Crippen LogP) is 3.97. The number of anilines is 1. The molecule has 0 unspecified atom stereocenters. The molecule has 1 aromatic carbocycles. The fraction of sp³-hybridized carbons (Fsp3) is 0.143. The summed E-state index contributed by atoms with van der Waals surface area (Å²) in [5.41, 5.74) is 9.34. The summed E-state index contributed by atoms with van der Waals surface area (Å²) in [6.45, 7) is 0.486. The minimum atomic E-state index is -0.0715. The van der Waals surface area contributed by atoms with E-state index >= 15 is 0 Å². The molecule has 3 rings (SSSR count). The molecule has 1 amide bonds. The van der Waals surface area contributed by atoms with Crippen molar-refractivity contribution < 1.29 is 4.79 Å². The number of amides is 1. The third-order valence-electron chi connectivity index (χ3n) is 3.11. The molecule has 21 heavy (non-hydrogen) atoms. The number of carbonyl (C=O) groups is 1. The number of thiazole rings is 1. The van der Waals surface area contributed by atoms with Gasteiger partial charge < -0.3 is 10.6 Å². The SMILES string of the molecule is CN(Cc1cscn1)C(=O)c1sc2cc(Br)ccc2c1N. The van der Waals surface area contributed by atoms with Crippen molar-refractivity contribution >= 4 is 60.3 Å². The Hall–Kier alpha value is -1.44. The average molecular weight is 382 g/mol. The Morgan fingerprint density at radius 1 is 1.48 bits per heavy atom. The topological polar surface area (TPSA) is 59.2 Å². The molecule has 0 spiro atoms. The molecule has 0 aliphatic heterocycles. The van der Waals surface area contributed by atoms with Crippen molar-refractivity contribution in [1.29, 1.82) is 0 Å². The largest absolute Gasteiger partial charge is 0.397 e. The van der Waals surface area contributed by atoms with E-state index in [1.54, 1.807) is 17.5 Å². The second-order valence-electron chi connectivity index (χ2n) is 4.63. The number of rotatable bonds is 3. The van der Waals surface area contributed by atoms with Crippen LogP contribution in [0, 0.1) is 0 Å². The van der Waals surface area contributed by atoms with E-state index < -0.39 is 0 Å². The van der Waals surface area contributed by atoms with Gasteiger partial charge in [0.1, 0.15) is 4.88 Å². The summed E-state index contributed by atoms with van der Waals surface area (Å²) in [5.74, 6) is -0.0715. The molecule has 0 radical (unpaired) electrons. The van der Waals surface area contributed by atoms with Crippen molar-refractivity contribution in [3.63, 3.8) is 0 Å². The van der Waals surface area contributed by atoms with Crippen molar-refractivity contribution in [3.05, 3.63) is 44.1 Å². The zero-order valence-corrected chi connectivity index (χ0v) is 14.4. The Bertz CT molecular complexity index is 798. The first kappa shape index (κ1) is 14.5. The number of aromatic nitrogens is 1. The summed E-state index contributed by atoms with van der Waals surface area (Å²) in [7, 11) is 1.77. The van der Waals surface area contributed by atoms with Crippen LogP contribution in [-0.2, 0) is 6.54 Å². The highest BCUT2D eigenvalue weighted by Crippen LogP contribution is 2.36. The number of nitrogens with two attached hydrogens (primary N) is 1. The summed E-state index contributed by atoms with van der Waals surface area (Å²) in [6, 6.07) is 5.84. The number of carbonyl (C=O) groups excluding carboxylic acids is 1. The zero-order valence-electron chi connectivity index (χ0n) is 11.2. The first-order valence-corrected chi connectivity index (χ1v) is 8.71. The van der Waals surface area contributed by atoms with Gasteiger partial charge in [-0.3, -0.25) is 4.79 Å². The van der Waals surface area contributed by atoms with Crippen molar-refractivity contribution in [3.8, 4) is 0 Å². The van der Waals surface area contributed by atoms with Crippen molar-refractivity contribution in [2.75, 3.05) is 12.8 Å². The standard InChI is InChI=1S/C14H12BrN3OS2/c1-18(5-9-6-20-7-17-9)14(19)13-12(16)10-3-2-8(15)4-11(10)21-13/h2-4,6-7H,5,16H2,1H3. The van der Waals surface area contributed by atoms with E-state index in [-0.39, 0.29) is 5.91 Å². The van der Waals surface area contributed by atoms with E-state index in [1.807, 2.05) is 23.6 Å². The Morgan fingerprint density at radius 3 is 3.00 bits per heavy atom. The minimum Gasteiger partial charge on any atom is -0.397 e. The van der Waals surface area contributed by atoms with Gasteiger partial charge in [0, 0.05) is 27.0 Å². The highest BCUT2D eigenvalue weighted by atomic mass is 79.9. The van der Waals surface area contributed by atoms with Gasteiger partial charge in [-0.1, -0.05) is 22.0 Å². The molecule has 0 saturated heterocycles. The van der Waals surface area contributed by atoms with Crippen LogP contribution < -0.4 is 5.73 Å². The Labute approximate surface area is 138 Å². The number of hydrogen-bond acceptors (Lipinski definition) is 5. The van der Waals surface area contributed by atoms with Crippen LogP contribution in [0.25, 0.3) is 10.1 Å². The minimum absolute atomic E-state index is 0.0715. The van der Waals surface area contributed by atoms with Gasteiger partial charge in [-0.05, 0) is 12.1 Å². The highest BCUT2D eigenvalue weighted by Gasteiger charge is 2.20. The van der Waals surface area contributed by atoms with Crippen molar-refractivity contribution in [2.24, 2.45) is 0 Å². The number of thiophene rings is 1. The number of nitrogens with zero attached hydrogens (tertiary/aromatic N) is 2. The highest BCUT2D eigenvalue weighted by molar-refractivity contribution is 9.10. The zero-order chi connectivity index (χ0) is 15.0. The molecule has 0 atom stereocenters. The maximum Gasteiger partial charge on any atom is 0.266 e. The molecule has 7 heteroatoms. The van der Waals surface area contributed by atoms with Crippen LogP contribution >= 0.6 is 38.6 Å². The molecule has 3 aromatic rings. The number of benzene rings is 1. The molecule has 2 aromatic heterocycles. The van der Waals surface area contributed by atoms with Crippen LogP contribution in [0.4, 0.5) is 5.69 Å². The molecular formula is C14H12BrN3OS2. The second-order valence-corrected chi connectivity index (χ2v) is 7.31. The molecule has 0 bridgehead atoms.